The van der Waals surface area contributed by atoms with Gasteiger partial charge in [-0.2, -0.15) is 0 Å². The van der Waals surface area contributed by atoms with Gasteiger partial charge in [0.2, 0.25) is 5.75 Å². The van der Waals surface area contributed by atoms with E-state index in [1.807, 2.05) is 6.92 Å². The molecule has 1 aliphatic heterocycles. The summed E-state index contributed by atoms with van der Waals surface area (Å²) in [7, 11) is 4.09. The molecule has 2 aromatic rings. The van der Waals surface area contributed by atoms with Crippen LogP contribution >= 0.6 is 0 Å². The molecule has 2 N–H and O–H groups in total. The fraction of sp³-hybridized carbons (Fsp3) is 0.333. The number of benzene rings is 2. The monoisotopic (exact) mass is 485 g/mol. The topological polar surface area (TPSA) is 138 Å². The molecule has 1 heterocycles. The van der Waals surface area contributed by atoms with E-state index in [-0.39, 0.29) is 40.6 Å². The Balaban J connectivity index is 2.19. The van der Waals surface area contributed by atoms with Crippen LogP contribution in [0, 0.1) is 10.1 Å². The molecule has 2 aromatic carbocycles. The average Bonchev–Trinajstić information content (AvgIpc) is 2.87. The molecule has 0 bridgehead atoms. The van der Waals surface area contributed by atoms with Crippen LogP contribution < -0.4 is 24.8 Å². The minimum absolute atomic E-state index is 0.0195. The smallest absolute Gasteiger partial charge is 0.338 e. The molecule has 0 fully saturated rings. The number of hydrogen-bond donors (Lipinski definition) is 2. The molecule has 1 atom stereocenters. The van der Waals surface area contributed by atoms with Gasteiger partial charge in [0.05, 0.1) is 50.2 Å². The molecule has 0 aromatic heterocycles. The molecule has 35 heavy (non-hydrogen) atoms. The third-order valence-electron chi connectivity index (χ3n) is 5.41. The van der Waals surface area contributed by atoms with Gasteiger partial charge in [0.15, 0.2) is 5.75 Å². The lowest BCUT2D eigenvalue weighted by molar-refractivity contribution is -0.386. The Kier molecular flexibility index (Phi) is 8.13. The van der Waals surface area contributed by atoms with Gasteiger partial charge in [0.1, 0.15) is 5.75 Å². The van der Waals surface area contributed by atoms with Gasteiger partial charge in [-0.25, -0.2) is 9.59 Å². The van der Waals surface area contributed by atoms with Crippen LogP contribution in [0.1, 0.15) is 36.9 Å². The first kappa shape index (κ1) is 25.3. The Morgan fingerprint density at radius 1 is 1.11 bits per heavy atom. The number of ether oxygens (including phenoxy) is 4. The van der Waals surface area contributed by atoms with Crippen molar-refractivity contribution in [3.8, 4) is 17.2 Å². The van der Waals surface area contributed by atoms with E-state index in [2.05, 4.69) is 10.6 Å². The summed E-state index contributed by atoms with van der Waals surface area (Å²) in [6.07, 6.45) is 1.55. The standard InChI is InChI=1S/C24H27N3O8/c1-5-6-11-35-22-17(27(30)31)12-15(13-18(22)33-3)21-19(23(28)34-4)20(25-24(29)26-21)14-7-9-16(32-2)10-8-14/h7-10,12-13,21H,5-6,11H2,1-4H3,(H2,25,26,29). The van der Waals surface area contributed by atoms with Crippen molar-refractivity contribution in [1.82, 2.24) is 10.6 Å². The number of nitro benzene ring substituents is 1. The summed E-state index contributed by atoms with van der Waals surface area (Å²) in [4.78, 5) is 36.8. The van der Waals surface area contributed by atoms with Crippen LogP contribution in [0.2, 0.25) is 0 Å². The molecule has 1 aliphatic rings. The van der Waals surface area contributed by atoms with Crippen LogP contribution in [0.15, 0.2) is 42.0 Å². The average molecular weight is 485 g/mol. The van der Waals surface area contributed by atoms with Crippen molar-refractivity contribution in [1.29, 1.82) is 0 Å². The van der Waals surface area contributed by atoms with E-state index >= 15 is 0 Å². The summed E-state index contributed by atoms with van der Waals surface area (Å²) in [5, 5.41) is 17.2. The Bertz CT molecular complexity index is 1140. The maximum absolute atomic E-state index is 12.9. The van der Waals surface area contributed by atoms with Crippen LogP contribution in [0.25, 0.3) is 5.70 Å². The van der Waals surface area contributed by atoms with Gasteiger partial charge in [-0.3, -0.25) is 10.1 Å². The van der Waals surface area contributed by atoms with Crippen LogP contribution in [0.3, 0.4) is 0 Å². The lowest BCUT2D eigenvalue weighted by atomic mass is 9.92. The van der Waals surface area contributed by atoms with Crippen molar-refractivity contribution in [2.75, 3.05) is 27.9 Å². The highest BCUT2D eigenvalue weighted by Gasteiger charge is 2.36. The molecule has 0 spiro atoms. The molecular formula is C24H27N3O8. The third-order valence-corrected chi connectivity index (χ3v) is 5.41. The SMILES string of the molecule is CCCCOc1c(OC)cc(C2NC(=O)NC(c3ccc(OC)cc3)=C2C(=O)OC)cc1[N+](=O)[O-]. The number of methoxy groups -OCH3 is 3. The fourth-order valence-electron chi connectivity index (χ4n) is 3.66. The minimum Gasteiger partial charge on any atom is -0.497 e. The maximum Gasteiger partial charge on any atom is 0.338 e. The lowest BCUT2D eigenvalue weighted by Gasteiger charge is -2.29. The van der Waals surface area contributed by atoms with Gasteiger partial charge in [0.25, 0.3) is 0 Å². The Morgan fingerprint density at radius 2 is 1.83 bits per heavy atom. The number of nitro groups is 1. The zero-order valence-corrected chi connectivity index (χ0v) is 19.9. The molecule has 11 nitrogen and oxygen atoms in total. The van der Waals surface area contributed by atoms with Crippen LogP contribution in [0.4, 0.5) is 10.5 Å². The highest BCUT2D eigenvalue weighted by molar-refractivity contribution is 6.04. The lowest BCUT2D eigenvalue weighted by Crippen LogP contribution is -2.45. The van der Waals surface area contributed by atoms with Gasteiger partial charge >= 0.3 is 17.7 Å². The van der Waals surface area contributed by atoms with Gasteiger partial charge in [0, 0.05) is 6.07 Å². The second-order valence-electron chi connectivity index (χ2n) is 7.57. The van der Waals surface area contributed by atoms with Crippen molar-refractivity contribution in [2.24, 2.45) is 0 Å². The number of amides is 2. The van der Waals surface area contributed by atoms with E-state index in [4.69, 9.17) is 18.9 Å². The van der Waals surface area contributed by atoms with E-state index in [1.54, 1.807) is 24.3 Å². The minimum atomic E-state index is -1.06. The predicted molar refractivity (Wildman–Crippen MR) is 126 cm³/mol. The second-order valence-corrected chi connectivity index (χ2v) is 7.57. The van der Waals surface area contributed by atoms with Gasteiger partial charge in [-0.15, -0.1) is 0 Å². The number of hydrogen-bond acceptors (Lipinski definition) is 8. The predicted octanol–water partition coefficient (Wildman–Crippen LogP) is 3.73. The molecule has 0 saturated carbocycles. The normalized spacial score (nSPS) is 15.1. The number of carbonyl (C=O) groups is 2. The second kappa shape index (κ2) is 11.2. The molecule has 1 unspecified atom stereocenters. The summed E-state index contributed by atoms with van der Waals surface area (Å²) in [5.74, 6) is -0.0507. The summed E-state index contributed by atoms with van der Waals surface area (Å²) < 4.78 is 21.2. The first-order valence-electron chi connectivity index (χ1n) is 10.9. The van der Waals surface area contributed by atoms with Crippen molar-refractivity contribution < 1.29 is 33.5 Å². The molecule has 11 heteroatoms. The van der Waals surface area contributed by atoms with Crippen LogP contribution in [0.5, 0.6) is 17.2 Å². The zero-order chi connectivity index (χ0) is 25.5. The maximum atomic E-state index is 12.9. The van der Waals surface area contributed by atoms with E-state index in [0.29, 0.717) is 17.7 Å². The van der Waals surface area contributed by atoms with E-state index < -0.39 is 23.0 Å². The van der Waals surface area contributed by atoms with Gasteiger partial charge < -0.3 is 29.6 Å². The number of unbranched alkanes of at least 4 members (excludes halogenated alkanes) is 1. The van der Waals surface area contributed by atoms with Gasteiger partial charge in [-0.05, 0) is 47.9 Å². The quantitative estimate of drug-likeness (QED) is 0.225. The first-order valence-corrected chi connectivity index (χ1v) is 10.9. The molecule has 3 rings (SSSR count). The molecule has 2 amide bonds. The molecule has 186 valence electrons. The van der Waals surface area contributed by atoms with E-state index in [1.165, 1.54) is 33.5 Å². The number of nitrogens with zero attached hydrogens (tertiary/aromatic N) is 1. The van der Waals surface area contributed by atoms with E-state index in [9.17, 15) is 19.7 Å². The molecule has 0 saturated heterocycles. The number of nitrogens with one attached hydrogen (secondary N) is 2. The van der Waals surface area contributed by atoms with Crippen molar-refractivity contribution >= 4 is 23.4 Å². The number of rotatable bonds is 10. The van der Waals surface area contributed by atoms with Crippen LogP contribution in [-0.4, -0.2) is 44.9 Å². The van der Waals surface area contributed by atoms with Gasteiger partial charge in [-0.1, -0.05) is 13.3 Å². The summed E-state index contributed by atoms with van der Waals surface area (Å²) in [6, 6.07) is 7.80. The van der Waals surface area contributed by atoms with Crippen LogP contribution in [-0.2, 0) is 9.53 Å². The van der Waals surface area contributed by atoms with Crippen molar-refractivity contribution in [3.05, 3.63) is 63.2 Å². The zero-order valence-electron chi connectivity index (χ0n) is 19.9. The van der Waals surface area contributed by atoms with Crippen molar-refractivity contribution in [3.63, 3.8) is 0 Å². The largest absolute Gasteiger partial charge is 0.497 e. The van der Waals surface area contributed by atoms with E-state index in [0.717, 1.165) is 6.42 Å². The Hall–Kier alpha value is -4.28. The highest BCUT2D eigenvalue weighted by atomic mass is 16.6. The summed E-state index contributed by atoms with van der Waals surface area (Å²) >= 11 is 0. The molecular weight excluding hydrogens is 458 g/mol. The Morgan fingerprint density at radius 3 is 2.40 bits per heavy atom. The van der Waals surface area contributed by atoms with Crippen molar-refractivity contribution in [2.45, 2.75) is 25.8 Å². The summed E-state index contributed by atoms with van der Waals surface area (Å²) in [6.45, 7) is 2.24. The highest BCUT2D eigenvalue weighted by Crippen LogP contribution is 2.42. The summed E-state index contributed by atoms with van der Waals surface area (Å²) in [5.41, 5.74) is 0.689. The number of carbonyl (C=O) groups excluding carboxylic acids is 2. The molecule has 0 aliphatic carbocycles. The third kappa shape index (κ3) is 5.45. The Labute approximate surface area is 202 Å². The first-order chi connectivity index (χ1) is 16.8. The number of esters is 1. The number of urea groups is 1. The molecule has 0 radical (unpaired) electrons. The fourth-order valence-corrected chi connectivity index (χ4v) is 3.66.